The van der Waals surface area contributed by atoms with Crippen molar-refractivity contribution >= 4 is 5.69 Å². The monoisotopic (exact) mass is 168 g/mol. The van der Waals surface area contributed by atoms with Gasteiger partial charge >= 0.3 is 5.69 Å². The highest BCUT2D eigenvalue weighted by Crippen LogP contribution is 2.18. The lowest BCUT2D eigenvalue weighted by atomic mass is 10.3. The third-order valence-electron chi connectivity index (χ3n) is 1.92. The zero-order valence-electron chi connectivity index (χ0n) is 6.36. The summed E-state index contributed by atoms with van der Waals surface area (Å²) in [6.45, 7) is 2.07. The molecule has 64 valence electrons. The summed E-state index contributed by atoms with van der Waals surface area (Å²) in [5, 5.41) is 17.4. The van der Waals surface area contributed by atoms with E-state index in [0.717, 1.165) is 6.54 Å². The average Bonchev–Trinajstić information content (AvgIpc) is 2.47. The molecule has 1 aromatic heterocycles. The standard InChI is InChI=1S/C6H8N4O2/c11-10(12)6-4-8-9-2-1-7-3-5(6)9/h4,7H,1-3H2. The molecule has 0 saturated heterocycles. The van der Waals surface area contributed by atoms with Crippen LogP contribution >= 0.6 is 0 Å². The van der Waals surface area contributed by atoms with Crippen LogP contribution in [-0.2, 0) is 13.1 Å². The van der Waals surface area contributed by atoms with E-state index in [1.54, 1.807) is 4.68 Å². The van der Waals surface area contributed by atoms with Gasteiger partial charge in [-0.25, -0.2) is 0 Å². The Labute approximate surface area is 68.3 Å². The van der Waals surface area contributed by atoms with Crippen LogP contribution < -0.4 is 5.32 Å². The van der Waals surface area contributed by atoms with Crippen LogP contribution in [0.15, 0.2) is 6.20 Å². The maximum absolute atomic E-state index is 10.5. The van der Waals surface area contributed by atoms with Gasteiger partial charge in [0.25, 0.3) is 0 Å². The minimum absolute atomic E-state index is 0.113. The molecule has 6 nitrogen and oxygen atoms in total. The molecule has 1 aliphatic rings. The topological polar surface area (TPSA) is 73.0 Å². The molecule has 0 radical (unpaired) electrons. The maximum atomic E-state index is 10.5. The molecule has 2 heterocycles. The molecule has 0 saturated carbocycles. The van der Waals surface area contributed by atoms with Gasteiger partial charge in [-0.15, -0.1) is 0 Å². The average molecular weight is 168 g/mol. The van der Waals surface area contributed by atoms with E-state index in [0.29, 0.717) is 18.8 Å². The molecule has 0 aliphatic carbocycles. The van der Waals surface area contributed by atoms with E-state index in [1.165, 1.54) is 6.20 Å². The zero-order chi connectivity index (χ0) is 8.55. The van der Waals surface area contributed by atoms with Crippen LogP contribution in [0.4, 0.5) is 5.69 Å². The Bertz CT molecular complexity index is 319. The van der Waals surface area contributed by atoms with E-state index in [1.807, 2.05) is 0 Å². The van der Waals surface area contributed by atoms with Gasteiger partial charge in [0.2, 0.25) is 0 Å². The van der Waals surface area contributed by atoms with Gasteiger partial charge in [0, 0.05) is 13.1 Å². The molecule has 0 aromatic carbocycles. The molecule has 12 heavy (non-hydrogen) atoms. The smallest absolute Gasteiger partial charge is 0.309 e. The van der Waals surface area contributed by atoms with Crippen molar-refractivity contribution in [3.05, 3.63) is 22.0 Å². The van der Waals surface area contributed by atoms with Crippen LogP contribution in [0.2, 0.25) is 0 Å². The highest BCUT2D eigenvalue weighted by Gasteiger charge is 2.21. The van der Waals surface area contributed by atoms with Gasteiger partial charge < -0.3 is 5.32 Å². The molecule has 0 fully saturated rings. The van der Waals surface area contributed by atoms with Crippen LogP contribution in [0, 0.1) is 10.1 Å². The van der Waals surface area contributed by atoms with Crippen LogP contribution in [0.1, 0.15) is 5.69 Å². The van der Waals surface area contributed by atoms with Crippen molar-refractivity contribution in [3.63, 3.8) is 0 Å². The van der Waals surface area contributed by atoms with E-state index < -0.39 is 4.92 Å². The van der Waals surface area contributed by atoms with E-state index >= 15 is 0 Å². The largest absolute Gasteiger partial charge is 0.311 e. The van der Waals surface area contributed by atoms with E-state index in [9.17, 15) is 10.1 Å². The molecule has 1 N–H and O–H groups in total. The van der Waals surface area contributed by atoms with Gasteiger partial charge in [0.1, 0.15) is 11.9 Å². The van der Waals surface area contributed by atoms with Crippen LogP contribution in [-0.4, -0.2) is 21.2 Å². The molecular weight excluding hydrogens is 160 g/mol. The van der Waals surface area contributed by atoms with Gasteiger partial charge in [-0.2, -0.15) is 5.10 Å². The number of nitro groups is 1. The number of rotatable bonds is 1. The molecule has 0 spiro atoms. The fraction of sp³-hybridized carbons (Fsp3) is 0.500. The Hall–Kier alpha value is -1.43. The Morgan fingerprint density at radius 2 is 2.58 bits per heavy atom. The Morgan fingerprint density at radius 3 is 3.33 bits per heavy atom. The van der Waals surface area contributed by atoms with Crippen LogP contribution in [0.25, 0.3) is 0 Å². The van der Waals surface area contributed by atoms with Crippen molar-refractivity contribution in [1.29, 1.82) is 0 Å². The number of nitrogens with zero attached hydrogens (tertiary/aromatic N) is 3. The third-order valence-corrected chi connectivity index (χ3v) is 1.92. The summed E-state index contributed by atoms with van der Waals surface area (Å²) in [6, 6.07) is 0. The predicted molar refractivity (Wildman–Crippen MR) is 40.6 cm³/mol. The van der Waals surface area contributed by atoms with E-state index in [4.69, 9.17) is 0 Å². The first-order valence-electron chi connectivity index (χ1n) is 3.69. The van der Waals surface area contributed by atoms with Crippen molar-refractivity contribution in [2.24, 2.45) is 0 Å². The summed E-state index contributed by atoms with van der Waals surface area (Å²) in [5.41, 5.74) is 0.786. The minimum atomic E-state index is -0.397. The normalized spacial score (nSPS) is 15.7. The molecule has 0 unspecified atom stereocenters. The molecule has 1 aromatic rings. The van der Waals surface area contributed by atoms with Crippen molar-refractivity contribution in [2.75, 3.05) is 6.54 Å². The van der Waals surface area contributed by atoms with Crippen LogP contribution in [0.3, 0.4) is 0 Å². The van der Waals surface area contributed by atoms with Crippen molar-refractivity contribution < 1.29 is 4.92 Å². The summed E-state index contributed by atoms with van der Waals surface area (Å²) in [4.78, 5) is 10.1. The highest BCUT2D eigenvalue weighted by atomic mass is 16.6. The SMILES string of the molecule is O=[N+]([O-])c1cnn2c1CNCC2. The lowest BCUT2D eigenvalue weighted by molar-refractivity contribution is -0.385. The second-order valence-corrected chi connectivity index (χ2v) is 2.63. The summed E-state index contributed by atoms with van der Waals surface area (Å²) in [7, 11) is 0. The van der Waals surface area contributed by atoms with Gasteiger partial charge in [0.05, 0.1) is 11.5 Å². The summed E-state index contributed by atoms with van der Waals surface area (Å²) in [6.07, 6.45) is 1.31. The maximum Gasteiger partial charge on any atom is 0.311 e. The van der Waals surface area contributed by atoms with E-state index in [-0.39, 0.29) is 5.69 Å². The summed E-state index contributed by atoms with van der Waals surface area (Å²) < 4.78 is 1.68. The molecule has 0 atom stereocenters. The summed E-state index contributed by atoms with van der Waals surface area (Å²) >= 11 is 0. The van der Waals surface area contributed by atoms with E-state index in [2.05, 4.69) is 10.4 Å². The second-order valence-electron chi connectivity index (χ2n) is 2.63. The quantitative estimate of drug-likeness (QED) is 0.469. The molecular formula is C6H8N4O2. The number of nitrogens with one attached hydrogen (secondary N) is 1. The third kappa shape index (κ3) is 0.964. The van der Waals surface area contributed by atoms with Gasteiger partial charge in [-0.05, 0) is 0 Å². The molecule has 0 bridgehead atoms. The predicted octanol–water partition coefficient (Wildman–Crippen LogP) is -0.106. The van der Waals surface area contributed by atoms with Crippen molar-refractivity contribution in [3.8, 4) is 0 Å². The molecule has 6 heteroatoms. The number of hydrogen-bond acceptors (Lipinski definition) is 4. The number of hydrogen-bond donors (Lipinski definition) is 1. The zero-order valence-corrected chi connectivity index (χ0v) is 6.36. The van der Waals surface area contributed by atoms with Crippen LogP contribution in [0.5, 0.6) is 0 Å². The second kappa shape index (κ2) is 2.56. The van der Waals surface area contributed by atoms with Crippen molar-refractivity contribution in [2.45, 2.75) is 13.1 Å². The first-order chi connectivity index (χ1) is 5.79. The fourth-order valence-electron chi connectivity index (χ4n) is 1.32. The fourth-order valence-corrected chi connectivity index (χ4v) is 1.32. The van der Waals surface area contributed by atoms with Gasteiger partial charge in [0.15, 0.2) is 0 Å². The first kappa shape index (κ1) is 7.23. The van der Waals surface area contributed by atoms with Gasteiger partial charge in [-0.3, -0.25) is 14.8 Å². The Balaban J connectivity index is 2.44. The Morgan fingerprint density at radius 1 is 1.75 bits per heavy atom. The summed E-state index contributed by atoms with van der Waals surface area (Å²) in [5.74, 6) is 0. The molecule has 1 aliphatic heterocycles. The van der Waals surface area contributed by atoms with Gasteiger partial charge in [-0.1, -0.05) is 0 Å². The number of aromatic nitrogens is 2. The minimum Gasteiger partial charge on any atom is -0.309 e. The molecule has 0 amide bonds. The Kier molecular flexibility index (Phi) is 1.54. The highest BCUT2D eigenvalue weighted by molar-refractivity contribution is 5.33. The lowest BCUT2D eigenvalue weighted by Crippen LogP contribution is -2.28. The van der Waals surface area contributed by atoms with Crippen molar-refractivity contribution in [1.82, 2.24) is 15.1 Å². The number of fused-ring (bicyclic) bond motifs is 1. The first-order valence-corrected chi connectivity index (χ1v) is 3.69. The molecule has 2 rings (SSSR count). The lowest BCUT2D eigenvalue weighted by Gasteiger charge is -2.13.